The second-order valence-corrected chi connectivity index (χ2v) is 7.73. The summed E-state index contributed by atoms with van der Waals surface area (Å²) in [5, 5.41) is 1.35. The number of allylic oxidation sites excluding steroid dienone is 1. The molecule has 0 nitrogen and oxygen atoms in total. The van der Waals surface area contributed by atoms with Crippen molar-refractivity contribution in [1.82, 2.24) is 0 Å². The Kier molecular flexibility index (Phi) is 3.11. The number of rotatable bonds is 2. The molecule has 0 N–H and O–H groups in total. The summed E-state index contributed by atoms with van der Waals surface area (Å²) in [6, 6.07) is 13.6. The van der Waals surface area contributed by atoms with E-state index in [1.807, 2.05) is 17.4 Å². The fraction of sp³-hybridized carbons (Fsp3) is 0.182. The first kappa shape index (κ1) is 14.5. The highest BCUT2D eigenvalue weighted by Crippen LogP contribution is 2.51. The number of fused-ring (bicyclic) bond motifs is 4. The lowest BCUT2D eigenvalue weighted by atomic mass is 9.82. The summed E-state index contributed by atoms with van der Waals surface area (Å²) in [7, 11) is 0. The Hall–Kier alpha value is -2.12. The predicted octanol–water partition coefficient (Wildman–Crippen LogP) is 6.88. The molecule has 0 spiro atoms. The maximum absolute atomic E-state index is 3.99. The Balaban J connectivity index is 2.10. The molecule has 0 amide bonds. The number of thiophene rings is 1. The van der Waals surface area contributed by atoms with Crippen molar-refractivity contribution in [1.29, 1.82) is 0 Å². The van der Waals surface area contributed by atoms with Crippen molar-refractivity contribution in [2.45, 2.75) is 26.2 Å². The van der Waals surface area contributed by atoms with E-state index in [2.05, 4.69) is 75.9 Å². The SMILES string of the molecule is C=Cc1sc2cc3c(cc2c1/C=C\C)C(C)(C)c1ccccc1-3. The molecule has 1 heterocycles. The molecule has 0 bridgehead atoms. The molecule has 1 heteroatoms. The lowest BCUT2D eigenvalue weighted by Crippen LogP contribution is -2.14. The van der Waals surface area contributed by atoms with Gasteiger partial charge >= 0.3 is 0 Å². The third kappa shape index (κ3) is 1.90. The van der Waals surface area contributed by atoms with Gasteiger partial charge in [-0.15, -0.1) is 11.3 Å². The predicted molar refractivity (Wildman–Crippen MR) is 104 cm³/mol. The Morgan fingerprint density at radius 3 is 2.57 bits per heavy atom. The van der Waals surface area contributed by atoms with Crippen LogP contribution in [0.1, 0.15) is 42.3 Å². The van der Waals surface area contributed by atoms with Gasteiger partial charge in [-0.1, -0.05) is 62.9 Å². The molecule has 0 saturated carbocycles. The molecule has 1 aliphatic carbocycles. The van der Waals surface area contributed by atoms with E-state index in [0.717, 1.165) is 0 Å². The van der Waals surface area contributed by atoms with Gasteiger partial charge in [0.2, 0.25) is 0 Å². The van der Waals surface area contributed by atoms with Gasteiger partial charge in [-0.2, -0.15) is 0 Å². The molecule has 3 aromatic rings. The molecule has 23 heavy (non-hydrogen) atoms. The topological polar surface area (TPSA) is 0 Å². The molecule has 1 aliphatic rings. The highest BCUT2D eigenvalue weighted by atomic mass is 32.1. The van der Waals surface area contributed by atoms with Crippen molar-refractivity contribution in [2.75, 3.05) is 0 Å². The maximum atomic E-state index is 3.99. The molecule has 1 aromatic heterocycles. The van der Waals surface area contributed by atoms with Gasteiger partial charge in [0.1, 0.15) is 0 Å². The average molecular weight is 316 g/mol. The minimum absolute atomic E-state index is 0.0591. The lowest BCUT2D eigenvalue weighted by molar-refractivity contribution is 0.661. The van der Waals surface area contributed by atoms with Crippen LogP contribution in [0.2, 0.25) is 0 Å². The van der Waals surface area contributed by atoms with Crippen molar-refractivity contribution >= 4 is 33.6 Å². The van der Waals surface area contributed by atoms with E-state index in [1.54, 1.807) is 0 Å². The molecular weight excluding hydrogens is 296 g/mol. The van der Waals surface area contributed by atoms with Crippen LogP contribution in [0.25, 0.3) is 33.4 Å². The van der Waals surface area contributed by atoms with Gasteiger partial charge in [-0.25, -0.2) is 0 Å². The monoisotopic (exact) mass is 316 g/mol. The zero-order valence-corrected chi connectivity index (χ0v) is 14.6. The standard InChI is InChI=1S/C22H20S/c1-5-9-15-17-12-19-16(13-21(17)23-20(15)6-2)14-10-7-8-11-18(14)22(19,3)4/h5-13H,2H2,1,3-4H3/b9-5-. The highest BCUT2D eigenvalue weighted by Gasteiger charge is 2.35. The molecule has 2 aromatic carbocycles. The molecule has 4 rings (SSSR count). The lowest BCUT2D eigenvalue weighted by Gasteiger charge is -2.21. The van der Waals surface area contributed by atoms with Crippen LogP contribution in [0, 0.1) is 0 Å². The number of hydrogen-bond acceptors (Lipinski definition) is 1. The highest BCUT2D eigenvalue weighted by molar-refractivity contribution is 7.20. The van der Waals surface area contributed by atoms with Crippen molar-refractivity contribution in [3.8, 4) is 11.1 Å². The summed E-state index contributed by atoms with van der Waals surface area (Å²) in [6.07, 6.45) is 6.29. The van der Waals surface area contributed by atoms with Crippen LogP contribution in [-0.2, 0) is 5.41 Å². The van der Waals surface area contributed by atoms with E-state index < -0.39 is 0 Å². The molecule has 114 valence electrons. The van der Waals surface area contributed by atoms with Crippen LogP contribution >= 0.6 is 11.3 Å². The van der Waals surface area contributed by atoms with Gasteiger partial charge in [-0.05, 0) is 46.9 Å². The summed E-state index contributed by atoms with van der Waals surface area (Å²) in [4.78, 5) is 1.26. The minimum atomic E-state index is 0.0591. The van der Waals surface area contributed by atoms with Crippen molar-refractivity contribution in [2.24, 2.45) is 0 Å². The zero-order chi connectivity index (χ0) is 16.2. The fourth-order valence-corrected chi connectivity index (χ4v) is 4.88. The number of benzene rings is 2. The van der Waals surface area contributed by atoms with Gasteiger partial charge in [-0.3, -0.25) is 0 Å². The molecule has 0 aliphatic heterocycles. The van der Waals surface area contributed by atoms with Gasteiger partial charge < -0.3 is 0 Å². The van der Waals surface area contributed by atoms with Crippen molar-refractivity contribution in [3.05, 3.63) is 70.6 Å². The van der Waals surface area contributed by atoms with E-state index in [9.17, 15) is 0 Å². The van der Waals surface area contributed by atoms with Crippen LogP contribution in [0.15, 0.2) is 49.1 Å². The van der Waals surface area contributed by atoms with Crippen molar-refractivity contribution in [3.63, 3.8) is 0 Å². The van der Waals surface area contributed by atoms with E-state index in [4.69, 9.17) is 0 Å². The van der Waals surface area contributed by atoms with Crippen LogP contribution < -0.4 is 0 Å². The van der Waals surface area contributed by atoms with Gasteiger partial charge in [0.15, 0.2) is 0 Å². The Morgan fingerprint density at radius 1 is 1.04 bits per heavy atom. The Morgan fingerprint density at radius 2 is 1.83 bits per heavy atom. The number of hydrogen-bond donors (Lipinski definition) is 0. The summed E-state index contributed by atoms with van der Waals surface area (Å²) in [5.41, 5.74) is 7.01. The fourth-order valence-electron chi connectivity index (χ4n) is 3.82. The largest absolute Gasteiger partial charge is 0.135 e. The molecule has 0 atom stereocenters. The third-order valence-electron chi connectivity index (χ3n) is 4.98. The van der Waals surface area contributed by atoms with Crippen LogP contribution in [0.3, 0.4) is 0 Å². The van der Waals surface area contributed by atoms with Crippen molar-refractivity contribution < 1.29 is 0 Å². The first-order valence-corrected chi connectivity index (χ1v) is 8.85. The molecule has 0 radical (unpaired) electrons. The average Bonchev–Trinajstić information content (AvgIpc) is 3.01. The summed E-state index contributed by atoms with van der Waals surface area (Å²) in [5.74, 6) is 0. The van der Waals surface area contributed by atoms with Gasteiger partial charge in [0.05, 0.1) is 0 Å². The second-order valence-electron chi connectivity index (χ2n) is 6.65. The smallest absolute Gasteiger partial charge is 0.0361 e. The maximum Gasteiger partial charge on any atom is 0.0361 e. The summed E-state index contributed by atoms with van der Waals surface area (Å²) >= 11 is 1.84. The first-order valence-electron chi connectivity index (χ1n) is 8.04. The van der Waals surface area contributed by atoms with E-state index in [-0.39, 0.29) is 5.41 Å². The zero-order valence-electron chi connectivity index (χ0n) is 13.8. The molecule has 0 fully saturated rings. The van der Waals surface area contributed by atoms with Crippen LogP contribution in [-0.4, -0.2) is 0 Å². The molecule has 0 unspecified atom stereocenters. The van der Waals surface area contributed by atoms with Crippen LogP contribution in [0.4, 0.5) is 0 Å². The minimum Gasteiger partial charge on any atom is -0.135 e. The van der Waals surface area contributed by atoms with E-state index in [0.29, 0.717) is 0 Å². The normalized spacial score (nSPS) is 15.1. The van der Waals surface area contributed by atoms with E-state index in [1.165, 1.54) is 42.8 Å². The second kappa shape index (κ2) is 4.94. The van der Waals surface area contributed by atoms with Gasteiger partial charge in [0.25, 0.3) is 0 Å². The van der Waals surface area contributed by atoms with Crippen LogP contribution in [0.5, 0.6) is 0 Å². The quantitative estimate of drug-likeness (QED) is 0.483. The summed E-state index contributed by atoms with van der Waals surface area (Å²) in [6.45, 7) is 10.7. The third-order valence-corrected chi connectivity index (χ3v) is 6.14. The Labute approximate surface area is 141 Å². The summed E-state index contributed by atoms with van der Waals surface area (Å²) < 4.78 is 1.35. The molecular formula is C22H20S. The van der Waals surface area contributed by atoms with E-state index >= 15 is 0 Å². The Bertz CT molecular complexity index is 967. The van der Waals surface area contributed by atoms with Gasteiger partial charge in [0, 0.05) is 20.4 Å². The molecule has 0 saturated heterocycles. The first-order chi connectivity index (χ1) is 11.1.